The maximum atomic E-state index is 12.5. The molecule has 1 fully saturated rings. The van der Waals surface area contributed by atoms with E-state index < -0.39 is 0 Å². The van der Waals surface area contributed by atoms with Gasteiger partial charge in [-0.25, -0.2) is 0 Å². The Balaban J connectivity index is 1.77. The van der Waals surface area contributed by atoms with E-state index in [0.717, 1.165) is 35.9 Å². The normalized spacial score (nSPS) is 30.8. The number of hydrogen-bond donors (Lipinski definition) is 0. The highest BCUT2D eigenvalue weighted by Crippen LogP contribution is 2.58. The van der Waals surface area contributed by atoms with Crippen LogP contribution in [0.15, 0.2) is 12.1 Å². The molecule has 2 aliphatic carbocycles. The van der Waals surface area contributed by atoms with E-state index in [-0.39, 0.29) is 42.5 Å². The van der Waals surface area contributed by atoms with E-state index in [0.29, 0.717) is 12.2 Å². The number of methoxy groups -OCH3 is 2. The number of carbonyl (C=O) groups is 1. The van der Waals surface area contributed by atoms with Gasteiger partial charge in [-0.1, -0.05) is 6.07 Å². The first-order valence-corrected chi connectivity index (χ1v) is 8.87. The Bertz CT molecular complexity index is 773. The van der Waals surface area contributed by atoms with Gasteiger partial charge in [-0.05, 0) is 36.8 Å². The molecule has 0 amide bonds. The van der Waals surface area contributed by atoms with Crippen molar-refractivity contribution in [3.63, 3.8) is 0 Å². The number of hydrogen-bond acceptors (Lipinski definition) is 5. The fraction of sp³-hybridized carbons (Fsp3) is 0.579. The molecule has 1 heterocycles. The van der Waals surface area contributed by atoms with Gasteiger partial charge in [0.1, 0.15) is 12.9 Å². The molecule has 26 heavy (non-hydrogen) atoms. The number of ether oxygens (including phenoxy) is 4. The van der Waals surface area contributed by atoms with Crippen molar-refractivity contribution in [1.82, 2.24) is 0 Å². The Labute approximate surface area is 151 Å². The summed E-state index contributed by atoms with van der Waals surface area (Å²) in [5.41, 5.74) is 11.0. The van der Waals surface area contributed by atoms with Crippen LogP contribution in [-0.2, 0) is 20.7 Å². The minimum absolute atomic E-state index is 0.0699. The van der Waals surface area contributed by atoms with Crippen LogP contribution in [-0.4, -0.2) is 50.0 Å². The molecule has 0 radical (unpaired) electrons. The van der Waals surface area contributed by atoms with Crippen molar-refractivity contribution in [3.8, 4) is 11.5 Å². The average molecular weight is 358 g/mol. The first-order valence-electron chi connectivity index (χ1n) is 8.87. The molecule has 4 rings (SSSR count). The number of ketones is 1. The number of nitrogens with zero attached hydrogens (tertiary/aromatic N) is 2. The summed E-state index contributed by atoms with van der Waals surface area (Å²) < 4.78 is 22.8. The summed E-state index contributed by atoms with van der Waals surface area (Å²) in [6.07, 6.45) is 3.03. The average Bonchev–Trinajstić information content (AvgIpc) is 3.06. The fourth-order valence-corrected chi connectivity index (χ4v) is 4.92. The summed E-state index contributed by atoms with van der Waals surface area (Å²) in [5.74, 6) is 1.35. The Morgan fingerprint density at radius 2 is 2.23 bits per heavy atom. The lowest BCUT2D eigenvalue weighted by atomic mass is 9.61. The predicted molar refractivity (Wildman–Crippen MR) is 91.5 cm³/mol. The quantitative estimate of drug-likeness (QED) is 0.336. The lowest BCUT2D eigenvalue weighted by molar-refractivity contribution is -0.135. The lowest BCUT2D eigenvalue weighted by Crippen LogP contribution is -2.48. The second-order valence-electron chi connectivity index (χ2n) is 7.09. The van der Waals surface area contributed by atoms with Crippen LogP contribution in [0.2, 0.25) is 0 Å². The Kier molecular flexibility index (Phi) is 4.53. The molecule has 0 saturated heterocycles. The van der Waals surface area contributed by atoms with Gasteiger partial charge in [0.2, 0.25) is 5.78 Å². The van der Waals surface area contributed by atoms with E-state index in [1.807, 2.05) is 12.1 Å². The van der Waals surface area contributed by atoms with Gasteiger partial charge in [-0.3, -0.25) is 4.79 Å². The van der Waals surface area contributed by atoms with E-state index >= 15 is 0 Å². The first kappa shape index (κ1) is 17.2. The molecular weight excluding hydrogens is 336 g/mol. The third kappa shape index (κ3) is 2.55. The number of Topliss-reactive ketones (excluding diaryl/α,β-unsaturated/α-hetero) is 1. The SMILES string of the molecule is COCO[C@H]1CC[C@H]2[C@@H]3c4c(ccc(OC)c4O[C@@H]31)C[C@@H]2C(=O)C=[N+]=[N-]. The van der Waals surface area contributed by atoms with Crippen molar-refractivity contribution in [1.29, 1.82) is 0 Å². The van der Waals surface area contributed by atoms with Crippen molar-refractivity contribution in [2.45, 2.75) is 37.4 Å². The summed E-state index contributed by atoms with van der Waals surface area (Å²) in [7, 11) is 3.23. The molecule has 0 bridgehead atoms. The molecule has 0 unspecified atom stereocenters. The zero-order valence-electron chi connectivity index (χ0n) is 14.9. The minimum atomic E-state index is -0.211. The Hall–Kier alpha value is -2.21. The van der Waals surface area contributed by atoms with Crippen molar-refractivity contribution in [2.24, 2.45) is 11.8 Å². The van der Waals surface area contributed by atoms with Gasteiger partial charge in [0.25, 0.3) is 0 Å². The van der Waals surface area contributed by atoms with Crippen LogP contribution in [0.25, 0.3) is 5.53 Å². The van der Waals surface area contributed by atoms with E-state index in [2.05, 4.69) is 4.79 Å². The van der Waals surface area contributed by atoms with Crippen LogP contribution in [0.5, 0.6) is 11.5 Å². The first-order chi connectivity index (χ1) is 12.7. The zero-order valence-corrected chi connectivity index (χ0v) is 14.9. The topological polar surface area (TPSA) is 90.4 Å². The van der Waals surface area contributed by atoms with Gasteiger partial charge >= 0.3 is 6.21 Å². The molecule has 5 atom stereocenters. The number of carbonyl (C=O) groups excluding carboxylic acids is 1. The monoisotopic (exact) mass is 358 g/mol. The van der Waals surface area contributed by atoms with Crippen LogP contribution in [0.3, 0.4) is 0 Å². The summed E-state index contributed by atoms with van der Waals surface area (Å²) >= 11 is 0. The third-order valence-electron chi connectivity index (χ3n) is 5.93. The van der Waals surface area contributed by atoms with Crippen LogP contribution >= 0.6 is 0 Å². The number of rotatable bonds is 6. The van der Waals surface area contributed by atoms with Gasteiger partial charge in [0.05, 0.1) is 13.2 Å². The van der Waals surface area contributed by atoms with Gasteiger partial charge in [-0.15, -0.1) is 0 Å². The maximum Gasteiger partial charge on any atom is 0.323 e. The summed E-state index contributed by atoms with van der Waals surface area (Å²) in [4.78, 5) is 15.5. The maximum absolute atomic E-state index is 12.5. The second-order valence-corrected chi connectivity index (χ2v) is 7.09. The highest BCUT2D eigenvalue weighted by atomic mass is 16.7. The standard InChI is InChI=1S/C19H22N2O5/c1-23-9-25-15-6-4-11-12(13(22)8-21-20)7-10-3-5-14(24-2)18-16(10)17(11)19(15)26-18/h3,5,8,11-12,15,17,19H,4,6-7,9H2,1-2H3/t11-,12+,15+,17-,19-/m1/s1. The predicted octanol–water partition coefficient (Wildman–Crippen LogP) is 1.98. The van der Waals surface area contributed by atoms with Crippen LogP contribution in [0.4, 0.5) is 0 Å². The summed E-state index contributed by atoms with van der Waals surface area (Å²) in [6, 6.07) is 3.90. The van der Waals surface area contributed by atoms with E-state index in [1.54, 1.807) is 14.2 Å². The Morgan fingerprint density at radius 1 is 1.38 bits per heavy atom. The van der Waals surface area contributed by atoms with Crippen LogP contribution in [0, 0.1) is 11.8 Å². The van der Waals surface area contributed by atoms with Crippen molar-refractivity contribution in [3.05, 3.63) is 28.8 Å². The Morgan fingerprint density at radius 3 is 2.96 bits per heavy atom. The van der Waals surface area contributed by atoms with Gasteiger partial charge in [0.15, 0.2) is 11.5 Å². The van der Waals surface area contributed by atoms with Crippen LogP contribution in [0.1, 0.15) is 29.9 Å². The van der Waals surface area contributed by atoms with Gasteiger partial charge < -0.3 is 24.5 Å². The molecular formula is C19H22N2O5. The zero-order chi connectivity index (χ0) is 18.3. The molecule has 7 nitrogen and oxygen atoms in total. The molecule has 1 aromatic carbocycles. The molecule has 0 aromatic heterocycles. The molecule has 1 aliphatic heterocycles. The van der Waals surface area contributed by atoms with E-state index in [4.69, 9.17) is 24.5 Å². The lowest BCUT2D eigenvalue weighted by Gasteiger charge is -2.43. The highest BCUT2D eigenvalue weighted by Gasteiger charge is 2.55. The summed E-state index contributed by atoms with van der Waals surface area (Å²) in [6.45, 7) is 0.210. The minimum Gasteiger partial charge on any atom is -0.493 e. The molecule has 0 N–H and O–H groups in total. The van der Waals surface area contributed by atoms with E-state index in [1.165, 1.54) is 0 Å². The molecule has 1 aromatic rings. The largest absolute Gasteiger partial charge is 0.493 e. The third-order valence-corrected chi connectivity index (χ3v) is 5.93. The molecule has 138 valence electrons. The van der Waals surface area contributed by atoms with Gasteiger partial charge in [0, 0.05) is 24.5 Å². The highest BCUT2D eigenvalue weighted by molar-refractivity contribution is 6.26. The van der Waals surface area contributed by atoms with Crippen molar-refractivity contribution in [2.75, 3.05) is 21.0 Å². The molecule has 0 spiro atoms. The van der Waals surface area contributed by atoms with E-state index in [9.17, 15) is 4.79 Å². The van der Waals surface area contributed by atoms with Crippen molar-refractivity contribution < 1.29 is 28.5 Å². The van der Waals surface area contributed by atoms with Crippen LogP contribution < -0.4 is 9.47 Å². The summed E-state index contributed by atoms with van der Waals surface area (Å²) in [5, 5.41) is 0. The second kappa shape index (κ2) is 6.83. The molecule has 7 heteroatoms. The molecule has 3 aliphatic rings. The molecule has 1 saturated carbocycles. The number of benzene rings is 1. The smallest absolute Gasteiger partial charge is 0.323 e. The van der Waals surface area contributed by atoms with Gasteiger partial charge in [-0.2, -0.15) is 4.79 Å². The van der Waals surface area contributed by atoms with Crippen molar-refractivity contribution >= 4 is 12.0 Å². The fourth-order valence-electron chi connectivity index (χ4n) is 4.92.